The van der Waals surface area contributed by atoms with Crippen LogP contribution in [0.25, 0.3) is 16.9 Å². The molecule has 1 aromatic heterocycles. The van der Waals surface area contributed by atoms with Gasteiger partial charge in [-0.3, -0.25) is 4.79 Å². The number of aldehydes is 1. The van der Waals surface area contributed by atoms with Crippen LogP contribution in [-0.4, -0.2) is 16.1 Å². The molecule has 2 aromatic carbocycles. The van der Waals surface area contributed by atoms with Crippen LogP contribution in [0.2, 0.25) is 0 Å². The molecule has 0 aliphatic carbocycles. The maximum absolute atomic E-state index is 13.9. The van der Waals surface area contributed by atoms with E-state index in [4.69, 9.17) is 0 Å². The zero-order valence-corrected chi connectivity index (χ0v) is 11.1. The fourth-order valence-corrected chi connectivity index (χ4v) is 2.13. The first-order valence-electron chi connectivity index (χ1n) is 6.35. The van der Waals surface area contributed by atoms with Gasteiger partial charge in [-0.25, -0.2) is 17.9 Å². The van der Waals surface area contributed by atoms with Crippen LogP contribution in [0.15, 0.2) is 48.7 Å². The number of para-hydroxylation sites is 1. The summed E-state index contributed by atoms with van der Waals surface area (Å²) in [6.45, 7) is 0. The van der Waals surface area contributed by atoms with Crippen LogP contribution >= 0.6 is 0 Å². The minimum atomic E-state index is -0.845. The highest BCUT2D eigenvalue weighted by Gasteiger charge is 2.17. The molecular formula is C16H9F3N2O. The van der Waals surface area contributed by atoms with Crippen LogP contribution < -0.4 is 0 Å². The molecule has 0 bridgehead atoms. The second-order valence-electron chi connectivity index (χ2n) is 4.57. The summed E-state index contributed by atoms with van der Waals surface area (Å²) < 4.78 is 41.8. The van der Waals surface area contributed by atoms with E-state index in [1.54, 1.807) is 6.07 Å². The van der Waals surface area contributed by atoms with Crippen molar-refractivity contribution >= 4 is 6.29 Å². The van der Waals surface area contributed by atoms with Gasteiger partial charge < -0.3 is 0 Å². The van der Waals surface area contributed by atoms with E-state index in [0.29, 0.717) is 12.4 Å². The smallest absolute Gasteiger partial charge is 0.153 e. The van der Waals surface area contributed by atoms with E-state index in [0.717, 1.165) is 10.7 Å². The molecule has 22 heavy (non-hydrogen) atoms. The minimum Gasteiger partial charge on any atom is -0.298 e. The Kier molecular flexibility index (Phi) is 3.50. The van der Waals surface area contributed by atoms with Crippen LogP contribution in [0.3, 0.4) is 0 Å². The summed E-state index contributed by atoms with van der Waals surface area (Å²) in [6, 6.07) is 8.80. The Morgan fingerprint density at radius 2 is 1.77 bits per heavy atom. The van der Waals surface area contributed by atoms with Gasteiger partial charge in [0.25, 0.3) is 0 Å². The van der Waals surface area contributed by atoms with Gasteiger partial charge in [0.1, 0.15) is 28.8 Å². The van der Waals surface area contributed by atoms with Crippen molar-refractivity contribution in [2.24, 2.45) is 0 Å². The molecule has 110 valence electrons. The number of halogens is 3. The fourth-order valence-electron chi connectivity index (χ4n) is 2.13. The van der Waals surface area contributed by atoms with Crippen LogP contribution in [0.4, 0.5) is 13.2 Å². The van der Waals surface area contributed by atoms with E-state index in [-0.39, 0.29) is 22.5 Å². The summed E-state index contributed by atoms with van der Waals surface area (Å²) in [4.78, 5) is 11.2. The molecule has 0 aliphatic heterocycles. The highest BCUT2D eigenvalue weighted by atomic mass is 19.1. The topological polar surface area (TPSA) is 34.9 Å². The van der Waals surface area contributed by atoms with Crippen LogP contribution in [0.5, 0.6) is 0 Å². The molecule has 0 amide bonds. The normalized spacial score (nSPS) is 10.7. The van der Waals surface area contributed by atoms with Crippen LogP contribution in [0.1, 0.15) is 10.4 Å². The van der Waals surface area contributed by atoms with E-state index >= 15 is 0 Å². The van der Waals surface area contributed by atoms with Gasteiger partial charge >= 0.3 is 0 Å². The molecule has 0 atom stereocenters. The van der Waals surface area contributed by atoms with E-state index < -0.39 is 17.5 Å². The fraction of sp³-hybridized carbons (Fsp3) is 0. The minimum absolute atomic E-state index is 0.0238. The standard InChI is InChI=1S/C16H9F3N2O/c17-11-5-6-12(14(19)7-11)16-10(9-22)8-21(20-16)15-4-2-1-3-13(15)18/h1-9H. The first-order chi connectivity index (χ1) is 10.6. The number of nitrogens with zero attached hydrogens (tertiary/aromatic N) is 2. The van der Waals surface area contributed by atoms with Crippen molar-refractivity contribution in [2.45, 2.75) is 0 Å². The van der Waals surface area contributed by atoms with Crippen molar-refractivity contribution < 1.29 is 18.0 Å². The van der Waals surface area contributed by atoms with Gasteiger partial charge in [0.05, 0.1) is 5.56 Å². The molecule has 0 N–H and O–H groups in total. The van der Waals surface area contributed by atoms with E-state index in [9.17, 15) is 18.0 Å². The highest BCUT2D eigenvalue weighted by molar-refractivity contribution is 5.85. The third-order valence-electron chi connectivity index (χ3n) is 3.16. The lowest BCUT2D eigenvalue weighted by Crippen LogP contribution is -1.98. The number of carbonyl (C=O) groups excluding carboxylic acids is 1. The number of carbonyl (C=O) groups is 1. The van der Waals surface area contributed by atoms with Crippen molar-refractivity contribution in [3.63, 3.8) is 0 Å². The van der Waals surface area contributed by atoms with Crippen molar-refractivity contribution in [3.8, 4) is 16.9 Å². The molecule has 1 heterocycles. The van der Waals surface area contributed by atoms with E-state index in [1.807, 2.05) is 0 Å². The molecule has 0 saturated carbocycles. The maximum Gasteiger partial charge on any atom is 0.153 e. The third kappa shape index (κ3) is 2.39. The molecule has 0 spiro atoms. The number of rotatable bonds is 3. The number of hydrogen-bond acceptors (Lipinski definition) is 2. The molecule has 0 unspecified atom stereocenters. The Bertz CT molecular complexity index is 858. The molecule has 3 nitrogen and oxygen atoms in total. The lowest BCUT2D eigenvalue weighted by Gasteiger charge is -2.03. The SMILES string of the molecule is O=Cc1cn(-c2ccccc2F)nc1-c1ccc(F)cc1F. The lowest BCUT2D eigenvalue weighted by molar-refractivity contribution is 0.112. The third-order valence-corrected chi connectivity index (χ3v) is 3.16. The van der Waals surface area contributed by atoms with Gasteiger partial charge in [-0.05, 0) is 24.3 Å². The van der Waals surface area contributed by atoms with Crippen LogP contribution in [-0.2, 0) is 0 Å². The summed E-state index contributed by atoms with van der Waals surface area (Å²) in [5, 5.41) is 4.06. The van der Waals surface area contributed by atoms with Gasteiger partial charge in [0, 0.05) is 17.8 Å². The second-order valence-corrected chi connectivity index (χ2v) is 4.57. The average Bonchev–Trinajstić information content (AvgIpc) is 2.91. The van der Waals surface area contributed by atoms with Crippen molar-refractivity contribution in [3.05, 3.63) is 71.7 Å². The summed E-state index contributed by atoms with van der Waals surface area (Å²) >= 11 is 0. The van der Waals surface area contributed by atoms with Crippen LogP contribution in [0, 0.1) is 17.5 Å². The van der Waals surface area contributed by atoms with Gasteiger partial charge in [-0.1, -0.05) is 12.1 Å². The Labute approximate surface area is 123 Å². The number of benzene rings is 2. The molecule has 3 rings (SSSR count). The van der Waals surface area contributed by atoms with E-state index in [2.05, 4.69) is 5.10 Å². The highest BCUT2D eigenvalue weighted by Crippen LogP contribution is 2.26. The Morgan fingerprint density at radius 1 is 1.00 bits per heavy atom. The second kappa shape index (κ2) is 5.48. The molecule has 0 fully saturated rings. The summed E-state index contributed by atoms with van der Waals surface area (Å²) in [5.41, 5.74) is 0.197. The first kappa shape index (κ1) is 14.1. The zero-order chi connectivity index (χ0) is 15.7. The van der Waals surface area contributed by atoms with Crippen molar-refractivity contribution in [1.29, 1.82) is 0 Å². The Balaban J connectivity index is 2.17. The van der Waals surface area contributed by atoms with Gasteiger partial charge in [-0.15, -0.1) is 0 Å². The van der Waals surface area contributed by atoms with E-state index in [1.165, 1.54) is 30.5 Å². The summed E-state index contributed by atoms with van der Waals surface area (Å²) in [7, 11) is 0. The Hall–Kier alpha value is -2.89. The van der Waals surface area contributed by atoms with Crippen molar-refractivity contribution in [2.75, 3.05) is 0 Å². The first-order valence-corrected chi connectivity index (χ1v) is 6.35. The quantitative estimate of drug-likeness (QED) is 0.690. The monoisotopic (exact) mass is 302 g/mol. The largest absolute Gasteiger partial charge is 0.298 e. The van der Waals surface area contributed by atoms with Gasteiger partial charge in [-0.2, -0.15) is 5.10 Å². The number of hydrogen-bond donors (Lipinski definition) is 0. The van der Waals surface area contributed by atoms with Gasteiger partial charge in [0.15, 0.2) is 6.29 Å². The maximum atomic E-state index is 13.9. The molecule has 0 aliphatic rings. The molecule has 6 heteroatoms. The van der Waals surface area contributed by atoms with Crippen molar-refractivity contribution in [1.82, 2.24) is 9.78 Å². The molecule has 0 saturated heterocycles. The summed E-state index contributed by atoms with van der Waals surface area (Å²) in [5.74, 6) is -2.11. The Morgan fingerprint density at radius 3 is 2.45 bits per heavy atom. The molecule has 0 radical (unpaired) electrons. The lowest BCUT2D eigenvalue weighted by atomic mass is 10.1. The predicted molar refractivity (Wildman–Crippen MR) is 74.3 cm³/mol. The zero-order valence-electron chi connectivity index (χ0n) is 11.1. The number of aromatic nitrogens is 2. The summed E-state index contributed by atoms with van der Waals surface area (Å²) in [6.07, 6.45) is 1.78. The average molecular weight is 302 g/mol. The molecule has 3 aromatic rings. The predicted octanol–water partition coefficient (Wildman–Crippen LogP) is 3.77. The van der Waals surface area contributed by atoms with Gasteiger partial charge in [0.2, 0.25) is 0 Å². The molecular weight excluding hydrogens is 293 g/mol.